The Labute approximate surface area is 200 Å². The average Bonchev–Trinajstić information content (AvgIpc) is 3.24. The van der Waals surface area contributed by atoms with E-state index in [-0.39, 0.29) is 23.5 Å². The van der Waals surface area contributed by atoms with E-state index in [0.717, 1.165) is 10.9 Å². The van der Waals surface area contributed by atoms with Gasteiger partial charge in [0.1, 0.15) is 24.4 Å². The van der Waals surface area contributed by atoms with Crippen molar-refractivity contribution >= 4 is 40.6 Å². The summed E-state index contributed by atoms with van der Waals surface area (Å²) in [4.78, 5) is 58.6. The lowest BCUT2D eigenvalue weighted by atomic mass is 10.0. The molecule has 3 heterocycles. The maximum atomic E-state index is 12.3. The normalized spacial score (nSPS) is 27.3. The van der Waals surface area contributed by atoms with E-state index < -0.39 is 59.7 Å². The molecule has 0 amide bonds. The number of hydrogen-bond acceptors (Lipinski definition) is 13. The number of imidazole rings is 1. The van der Waals surface area contributed by atoms with Crippen LogP contribution in [0.3, 0.4) is 0 Å². The number of nitrogens with zero attached hydrogens (tertiary/aromatic N) is 3. The molecule has 0 spiro atoms. The smallest absolute Gasteiger partial charge is 0.387 e. The zero-order valence-corrected chi connectivity index (χ0v) is 20.7. The second-order valence-electron chi connectivity index (χ2n) is 7.29. The van der Waals surface area contributed by atoms with Crippen LogP contribution in [-0.4, -0.2) is 73.7 Å². The minimum atomic E-state index is -5.80. The van der Waals surface area contributed by atoms with Crippen molar-refractivity contribution in [3.05, 3.63) is 28.8 Å². The molecular formula is C14H22N5O14P3. The third-order valence-corrected chi connectivity index (χ3v) is 8.52. The number of phosphoric acid groups is 3. The van der Waals surface area contributed by atoms with Crippen molar-refractivity contribution < 1.29 is 61.4 Å². The van der Waals surface area contributed by atoms with Crippen molar-refractivity contribution in [2.75, 3.05) is 5.73 Å². The number of aromatic amines is 1. The van der Waals surface area contributed by atoms with Gasteiger partial charge < -0.3 is 40.3 Å². The molecule has 0 aromatic carbocycles. The van der Waals surface area contributed by atoms with E-state index in [1.165, 1.54) is 12.2 Å². The summed E-state index contributed by atoms with van der Waals surface area (Å²) in [6.07, 6.45) is -4.57. The van der Waals surface area contributed by atoms with Gasteiger partial charge in [0.15, 0.2) is 17.4 Å². The number of rotatable bonds is 10. The Kier molecular flexibility index (Phi) is 8.39. The van der Waals surface area contributed by atoms with Gasteiger partial charge in [-0.1, -0.05) is 12.2 Å². The molecule has 1 fully saturated rings. The lowest BCUT2D eigenvalue weighted by Gasteiger charge is -2.26. The SMILES string of the molecule is CC=CCC(OP(=O)(O)OP(=O)(O)OP(=O)(O)O)[C@H]1O[C@@H](n2cnc3c(=O)[nH]c(N)nc32)[C@H](O)[C@@H]1O. The van der Waals surface area contributed by atoms with E-state index >= 15 is 0 Å². The average molecular weight is 577 g/mol. The van der Waals surface area contributed by atoms with Crippen LogP contribution in [0.2, 0.25) is 0 Å². The molecule has 19 nitrogen and oxygen atoms in total. The first kappa shape index (κ1) is 28.7. The highest BCUT2D eigenvalue weighted by Gasteiger charge is 2.50. The molecule has 3 unspecified atom stereocenters. The lowest BCUT2D eigenvalue weighted by molar-refractivity contribution is -0.0797. The number of nitrogens with one attached hydrogen (secondary N) is 1. The van der Waals surface area contributed by atoms with Gasteiger partial charge in [-0.2, -0.15) is 13.6 Å². The van der Waals surface area contributed by atoms with Crippen LogP contribution in [-0.2, 0) is 31.6 Å². The fourth-order valence-electron chi connectivity index (χ4n) is 3.33. The highest BCUT2D eigenvalue weighted by molar-refractivity contribution is 7.66. The number of phosphoric ester groups is 1. The number of fused-ring (bicyclic) bond motifs is 1. The van der Waals surface area contributed by atoms with Crippen molar-refractivity contribution in [3.63, 3.8) is 0 Å². The van der Waals surface area contributed by atoms with Crippen molar-refractivity contribution in [1.82, 2.24) is 19.5 Å². The molecule has 9 N–H and O–H groups in total. The molecule has 202 valence electrons. The molecule has 7 atom stereocenters. The summed E-state index contributed by atoms with van der Waals surface area (Å²) in [5.41, 5.74) is 4.55. The fraction of sp³-hybridized carbons (Fsp3) is 0.500. The van der Waals surface area contributed by atoms with Gasteiger partial charge in [-0.3, -0.25) is 18.9 Å². The van der Waals surface area contributed by atoms with Crippen molar-refractivity contribution in [2.24, 2.45) is 0 Å². The number of anilines is 1. The summed E-state index contributed by atoms with van der Waals surface area (Å²) < 4.78 is 53.7. The highest BCUT2D eigenvalue weighted by atomic mass is 31.3. The molecule has 3 rings (SSSR count). The summed E-state index contributed by atoms with van der Waals surface area (Å²) >= 11 is 0. The van der Waals surface area contributed by atoms with Gasteiger partial charge in [-0.15, -0.1) is 0 Å². The summed E-state index contributed by atoms with van der Waals surface area (Å²) in [5, 5.41) is 21.2. The molecule has 0 aliphatic carbocycles. The predicted octanol–water partition coefficient (Wildman–Crippen LogP) is -1.00. The number of nitrogens with two attached hydrogens (primary N) is 1. The maximum absolute atomic E-state index is 12.3. The van der Waals surface area contributed by atoms with Gasteiger partial charge in [0.2, 0.25) is 5.95 Å². The fourth-order valence-corrected chi connectivity index (χ4v) is 6.54. The van der Waals surface area contributed by atoms with E-state index in [0.29, 0.717) is 0 Å². The standard InChI is InChI=1S/C14H22N5O14P3/c1-2-3-4-6(31-35(26,27)33-36(28,29)32-34(23,24)25)10-8(20)9(21)13(30-10)19-5-16-7-11(19)17-14(15)18-12(7)22/h2-3,5-6,8-10,13,20-21H,4H2,1H3,(H,26,27)(H,28,29)(H2,23,24,25)(H3,15,17,18,22)/t6?,8-,9+,10+,13+/m0/s1. The lowest BCUT2D eigenvalue weighted by Crippen LogP contribution is -2.39. The third kappa shape index (κ3) is 6.73. The Morgan fingerprint density at radius 3 is 2.47 bits per heavy atom. The van der Waals surface area contributed by atoms with Crippen LogP contribution in [0.5, 0.6) is 0 Å². The second-order valence-corrected chi connectivity index (χ2v) is 11.7. The zero-order valence-electron chi connectivity index (χ0n) is 18.0. The monoisotopic (exact) mass is 577 g/mol. The Balaban J connectivity index is 1.88. The van der Waals surface area contributed by atoms with Crippen LogP contribution in [0.4, 0.5) is 5.95 Å². The molecule has 22 heteroatoms. The number of ether oxygens (including phenoxy) is 1. The van der Waals surface area contributed by atoms with Gasteiger partial charge in [0.05, 0.1) is 6.33 Å². The third-order valence-electron chi connectivity index (χ3n) is 4.66. The van der Waals surface area contributed by atoms with Crippen molar-refractivity contribution in [2.45, 2.75) is 44.0 Å². The van der Waals surface area contributed by atoms with Gasteiger partial charge in [0, 0.05) is 0 Å². The second kappa shape index (κ2) is 10.5. The van der Waals surface area contributed by atoms with Crippen LogP contribution in [0.15, 0.2) is 23.3 Å². The van der Waals surface area contributed by atoms with E-state index in [1.807, 2.05) is 0 Å². The molecule has 1 aliphatic heterocycles. The molecule has 0 bridgehead atoms. The van der Waals surface area contributed by atoms with E-state index in [2.05, 4.69) is 23.6 Å². The van der Waals surface area contributed by atoms with Gasteiger partial charge in [-0.05, 0) is 13.3 Å². The van der Waals surface area contributed by atoms with Crippen LogP contribution in [0.1, 0.15) is 19.6 Å². The molecule has 36 heavy (non-hydrogen) atoms. The number of allylic oxidation sites excluding steroid dienone is 1. The molecule has 2 aromatic heterocycles. The molecule has 1 aliphatic rings. The van der Waals surface area contributed by atoms with Crippen LogP contribution in [0, 0.1) is 0 Å². The van der Waals surface area contributed by atoms with Crippen LogP contribution < -0.4 is 11.3 Å². The Morgan fingerprint density at radius 1 is 1.19 bits per heavy atom. The van der Waals surface area contributed by atoms with E-state index in [4.69, 9.17) is 24.8 Å². The highest BCUT2D eigenvalue weighted by Crippen LogP contribution is 2.66. The summed E-state index contributed by atoms with van der Waals surface area (Å²) in [6.45, 7) is 1.57. The minimum Gasteiger partial charge on any atom is -0.387 e. The van der Waals surface area contributed by atoms with Crippen molar-refractivity contribution in [3.8, 4) is 0 Å². The number of nitrogen functional groups attached to an aromatic ring is 1. The quantitative estimate of drug-likeness (QED) is 0.124. The molecule has 2 aromatic rings. The first-order valence-electron chi connectivity index (χ1n) is 9.71. The van der Waals surface area contributed by atoms with E-state index in [9.17, 15) is 38.5 Å². The number of aliphatic hydroxyl groups excluding tert-OH is 2. The topological polar surface area (TPSA) is 299 Å². The Hall–Kier alpha value is -1.82. The van der Waals surface area contributed by atoms with Crippen LogP contribution in [0.25, 0.3) is 11.2 Å². The minimum absolute atomic E-state index is 0.119. The predicted molar refractivity (Wildman–Crippen MR) is 117 cm³/mol. The summed E-state index contributed by atoms with van der Waals surface area (Å²) in [7, 11) is -17.0. The molecule has 1 saturated heterocycles. The number of aromatic nitrogens is 4. The van der Waals surface area contributed by atoms with Crippen LogP contribution >= 0.6 is 23.5 Å². The Morgan fingerprint density at radius 2 is 1.86 bits per heavy atom. The van der Waals surface area contributed by atoms with E-state index in [1.54, 1.807) is 6.92 Å². The zero-order chi connectivity index (χ0) is 27.1. The number of H-pyrrole nitrogens is 1. The first-order chi connectivity index (χ1) is 16.5. The maximum Gasteiger partial charge on any atom is 0.490 e. The number of hydrogen-bond donors (Lipinski definition) is 8. The molecule has 0 radical (unpaired) electrons. The summed E-state index contributed by atoms with van der Waals surface area (Å²) in [6, 6.07) is 0. The van der Waals surface area contributed by atoms with Gasteiger partial charge in [-0.25, -0.2) is 18.7 Å². The van der Waals surface area contributed by atoms with Gasteiger partial charge in [0.25, 0.3) is 5.56 Å². The van der Waals surface area contributed by atoms with Crippen molar-refractivity contribution in [1.29, 1.82) is 0 Å². The largest absolute Gasteiger partial charge is 0.490 e. The summed E-state index contributed by atoms with van der Waals surface area (Å²) in [5.74, 6) is -0.280. The van der Waals surface area contributed by atoms with Gasteiger partial charge >= 0.3 is 23.5 Å². The first-order valence-corrected chi connectivity index (χ1v) is 14.2. The molecule has 0 saturated carbocycles. The molecular weight excluding hydrogens is 555 g/mol. The Bertz CT molecular complexity index is 1340. The number of aliphatic hydroxyl groups is 2.